The number of aromatic nitrogens is 2. The van der Waals surface area contributed by atoms with Crippen molar-refractivity contribution in [1.29, 1.82) is 0 Å². The maximum Gasteiger partial charge on any atom is 0.337 e. The van der Waals surface area contributed by atoms with Crippen LogP contribution in [0.5, 0.6) is 0 Å². The fourth-order valence-electron chi connectivity index (χ4n) is 2.30. The van der Waals surface area contributed by atoms with Gasteiger partial charge in [-0.15, -0.1) is 0 Å². The van der Waals surface area contributed by atoms with Crippen LogP contribution in [-0.4, -0.2) is 21.0 Å². The molecule has 0 aliphatic heterocycles. The number of aromatic carboxylic acids is 1. The Hall–Kier alpha value is -2.73. The highest BCUT2D eigenvalue weighted by atomic mass is 35.5. The van der Waals surface area contributed by atoms with Crippen LogP contribution < -0.4 is 5.32 Å². The molecule has 0 fully saturated rings. The number of halogens is 2. The molecule has 1 aromatic heterocycles. The first-order chi connectivity index (χ1) is 11.0. The highest BCUT2D eigenvalue weighted by Gasteiger charge is 2.12. The summed E-state index contributed by atoms with van der Waals surface area (Å²) in [4.78, 5) is 19.4. The average molecular weight is 332 g/mol. The molecule has 7 heteroatoms. The molecule has 0 amide bonds. The van der Waals surface area contributed by atoms with E-state index < -0.39 is 11.8 Å². The monoisotopic (exact) mass is 331 g/mol. The van der Waals surface area contributed by atoms with Gasteiger partial charge in [0.2, 0.25) is 0 Å². The Morgan fingerprint density at radius 2 is 2.09 bits per heavy atom. The highest BCUT2D eigenvalue weighted by Crippen LogP contribution is 2.23. The summed E-state index contributed by atoms with van der Waals surface area (Å²) in [5, 5.41) is 13.1. The number of nitrogens with one attached hydrogen (secondary N) is 1. The Labute approximate surface area is 135 Å². The number of hydrogen-bond acceptors (Lipinski definition) is 4. The zero-order valence-electron chi connectivity index (χ0n) is 11.8. The molecule has 0 aliphatic carbocycles. The minimum Gasteiger partial charge on any atom is -0.478 e. The van der Waals surface area contributed by atoms with Gasteiger partial charge >= 0.3 is 5.97 Å². The van der Waals surface area contributed by atoms with Gasteiger partial charge in [-0.05, 0) is 35.9 Å². The lowest BCUT2D eigenvalue weighted by molar-refractivity contribution is 0.0699. The maximum atomic E-state index is 13.3. The van der Waals surface area contributed by atoms with Crippen LogP contribution in [0.25, 0.3) is 10.9 Å². The third-order valence-corrected chi connectivity index (χ3v) is 3.50. The number of carboxylic acids is 1. The molecule has 2 N–H and O–H groups in total. The Bertz CT molecular complexity index is 881. The van der Waals surface area contributed by atoms with Crippen LogP contribution in [-0.2, 0) is 6.54 Å². The fraction of sp³-hybridized carbons (Fsp3) is 0.0625. The summed E-state index contributed by atoms with van der Waals surface area (Å²) in [6.07, 6.45) is 1.29. The first-order valence-electron chi connectivity index (χ1n) is 6.70. The van der Waals surface area contributed by atoms with E-state index in [2.05, 4.69) is 15.3 Å². The summed E-state index contributed by atoms with van der Waals surface area (Å²) >= 11 is 5.82. The predicted octanol–water partition coefficient (Wildman–Crippen LogP) is 3.73. The van der Waals surface area contributed by atoms with Crippen LogP contribution >= 0.6 is 11.6 Å². The van der Waals surface area contributed by atoms with Crippen LogP contribution in [0.15, 0.2) is 42.7 Å². The molecule has 0 radical (unpaired) electrons. The van der Waals surface area contributed by atoms with Gasteiger partial charge in [-0.25, -0.2) is 19.2 Å². The van der Waals surface area contributed by atoms with E-state index in [4.69, 9.17) is 11.6 Å². The number of rotatable bonds is 4. The molecule has 116 valence electrons. The maximum absolute atomic E-state index is 13.3. The van der Waals surface area contributed by atoms with Gasteiger partial charge in [-0.1, -0.05) is 17.7 Å². The number of fused-ring (bicyclic) bond motifs is 1. The minimum atomic E-state index is -1.06. The van der Waals surface area contributed by atoms with Crippen LogP contribution in [0.4, 0.5) is 10.2 Å². The summed E-state index contributed by atoms with van der Waals surface area (Å²) in [7, 11) is 0. The van der Waals surface area contributed by atoms with Crippen LogP contribution in [0.1, 0.15) is 15.9 Å². The molecule has 0 atom stereocenters. The molecular weight excluding hydrogens is 321 g/mol. The second-order valence-electron chi connectivity index (χ2n) is 4.86. The number of nitrogens with zero attached hydrogens (tertiary/aromatic N) is 2. The number of anilines is 1. The highest BCUT2D eigenvalue weighted by molar-refractivity contribution is 6.30. The summed E-state index contributed by atoms with van der Waals surface area (Å²) in [6.45, 7) is 0.293. The number of para-hydroxylation sites is 1. The molecule has 0 spiro atoms. The fourth-order valence-corrected chi connectivity index (χ4v) is 2.54. The lowest BCUT2D eigenvalue weighted by atomic mass is 10.1. The topological polar surface area (TPSA) is 75.1 Å². The first-order valence-corrected chi connectivity index (χ1v) is 7.08. The molecule has 5 nitrogen and oxygen atoms in total. The zero-order valence-corrected chi connectivity index (χ0v) is 12.5. The summed E-state index contributed by atoms with van der Waals surface area (Å²) < 4.78 is 13.3. The Morgan fingerprint density at radius 1 is 1.26 bits per heavy atom. The van der Waals surface area contributed by atoms with Gasteiger partial charge in [0.25, 0.3) is 0 Å². The molecule has 0 bridgehead atoms. The van der Waals surface area contributed by atoms with Crippen molar-refractivity contribution in [3.8, 4) is 0 Å². The van der Waals surface area contributed by atoms with Crippen molar-refractivity contribution in [2.75, 3.05) is 5.32 Å². The molecule has 3 aromatic rings. The molecule has 2 aromatic carbocycles. The quantitative estimate of drug-likeness (QED) is 0.762. The van der Waals surface area contributed by atoms with Crippen molar-refractivity contribution in [1.82, 2.24) is 9.97 Å². The van der Waals surface area contributed by atoms with Gasteiger partial charge in [0, 0.05) is 17.0 Å². The van der Waals surface area contributed by atoms with E-state index in [9.17, 15) is 14.3 Å². The van der Waals surface area contributed by atoms with E-state index in [-0.39, 0.29) is 5.56 Å². The smallest absolute Gasteiger partial charge is 0.337 e. The SMILES string of the molecule is O=C(O)c1cccc2c(NCc3cc(F)cc(Cl)c3)ncnc12. The van der Waals surface area contributed by atoms with Crippen LogP contribution in [0, 0.1) is 5.82 Å². The lowest BCUT2D eigenvalue weighted by Crippen LogP contribution is -2.05. The number of carboxylic acid groups (broad SMARTS) is 1. The summed E-state index contributed by atoms with van der Waals surface area (Å²) in [5.74, 6) is -1.01. The van der Waals surface area contributed by atoms with Gasteiger partial charge in [0.15, 0.2) is 0 Å². The van der Waals surface area contributed by atoms with Crippen molar-refractivity contribution in [3.63, 3.8) is 0 Å². The Kier molecular flexibility index (Phi) is 4.08. The molecular formula is C16H11ClFN3O2. The number of carbonyl (C=O) groups is 1. The molecule has 0 saturated heterocycles. The van der Waals surface area contributed by atoms with Gasteiger partial charge in [0.05, 0.1) is 11.1 Å². The Morgan fingerprint density at radius 3 is 2.83 bits per heavy atom. The van der Waals surface area contributed by atoms with Crippen molar-refractivity contribution in [2.24, 2.45) is 0 Å². The lowest BCUT2D eigenvalue weighted by Gasteiger charge is -2.10. The first kappa shape index (κ1) is 15.2. The Balaban J connectivity index is 1.94. The number of benzene rings is 2. The molecule has 0 unspecified atom stereocenters. The zero-order chi connectivity index (χ0) is 16.4. The van der Waals surface area contributed by atoms with Crippen molar-refractivity contribution < 1.29 is 14.3 Å². The minimum absolute atomic E-state index is 0.0988. The number of hydrogen-bond donors (Lipinski definition) is 2. The van der Waals surface area contributed by atoms with Crippen molar-refractivity contribution >= 4 is 34.3 Å². The second kappa shape index (κ2) is 6.18. The van der Waals surface area contributed by atoms with Crippen LogP contribution in [0.2, 0.25) is 5.02 Å². The predicted molar refractivity (Wildman–Crippen MR) is 85.2 cm³/mol. The van der Waals surface area contributed by atoms with E-state index in [1.165, 1.54) is 24.5 Å². The van der Waals surface area contributed by atoms with Gasteiger partial charge in [0.1, 0.15) is 18.0 Å². The van der Waals surface area contributed by atoms with E-state index in [0.717, 1.165) is 0 Å². The van der Waals surface area contributed by atoms with E-state index in [1.54, 1.807) is 18.2 Å². The molecule has 1 heterocycles. The summed E-state index contributed by atoms with van der Waals surface area (Å²) in [6, 6.07) is 9.06. The third kappa shape index (κ3) is 3.22. The molecule has 0 aliphatic rings. The molecule has 3 rings (SSSR count). The average Bonchev–Trinajstić information content (AvgIpc) is 2.51. The standard InChI is InChI=1S/C16H11ClFN3O2/c17-10-4-9(5-11(18)6-10)7-19-15-12-2-1-3-13(16(22)23)14(12)20-8-21-15/h1-6,8H,7H2,(H,22,23)(H,19,20,21). The molecule has 0 saturated carbocycles. The largest absolute Gasteiger partial charge is 0.478 e. The third-order valence-electron chi connectivity index (χ3n) is 3.28. The van der Waals surface area contributed by atoms with Crippen LogP contribution in [0.3, 0.4) is 0 Å². The van der Waals surface area contributed by atoms with Gasteiger partial charge in [-0.2, -0.15) is 0 Å². The van der Waals surface area contributed by atoms with E-state index in [1.807, 2.05) is 0 Å². The second-order valence-corrected chi connectivity index (χ2v) is 5.30. The van der Waals surface area contributed by atoms with Gasteiger partial charge in [-0.3, -0.25) is 0 Å². The molecule has 23 heavy (non-hydrogen) atoms. The normalized spacial score (nSPS) is 10.7. The van der Waals surface area contributed by atoms with Crippen molar-refractivity contribution in [3.05, 3.63) is 64.7 Å². The summed E-state index contributed by atoms with van der Waals surface area (Å²) in [5.41, 5.74) is 1.09. The van der Waals surface area contributed by atoms with Crippen molar-refractivity contribution in [2.45, 2.75) is 6.54 Å². The van der Waals surface area contributed by atoms with E-state index in [0.29, 0.717) is 33.9 Å². The van der Waals surface area contributed by atoms with E-state index >= 15 is 0 Å². The van der Waals surface area contributed by atoms with Gasteiger partial charge < -0.3 is 10.4 Å².